The molecule has 0 radical (unpaired) electrons. The van der Waals surface area contributed by atoms with Crippen molar-refractivity contribution in [2.45, 2.75) is 25.4 Å². The van der Waals surface area contributed by atoms with Crippen LogP contribution in [0, 0.1) is 10.1 Å². The van der Waals surface area contributed by atoms with Crippen LogP contribution in [0.25, 0.3) is 0 Å². The first-order valence-electron chi connectivity index (χ1n) is 8.47. The number of fused-ring (bicyclic) bond motifs is 1. The maximum absolute atomic E-state index is 13.1. The SMILES string of the molecule is CCN(c1cc(C(F)(F)F)ncc1[N+](=O)[O-])C1CNc2cc(C(F)(F)F)ncc2N1. The van der Waals surface area contributed by atoms with Crippen LogP contribution < -0.4 is 15.5 Å². The fourth-order valence-corrected chi connectivity index (χ4v) is 3.02. The van der Waals surface area contributed by atoms with Crippen molar-refractivity contribution >= 4 is 22.7 Å². The Labute approximate surface area is 165 Å². The van der Waals surface area contributed by atoms with Gasteiger partial charge >= 0.3 is 18.0 Å². The Hall–Kier alpha value is -3.32. The first kappa shape index (κ1) is 21.4. The molecule has 1 aliphatic rings. The van der Waals surface area contributed by atoms with Crippen molar-refractivity contribution < 1.29 is 31.3 Å². The number of pyridine rings is 2. The molecule has 8 nitrogen and oxygen atoms in total. The molecule has 2 aromatic rings. The number of nitro groups is 1. The van der Waals surface area contributed by atoms with E-state index in [2.05, 4.69) is 20.6 Å². The van der Waals surface area contributed by atoms with Gasteiger partial charge in [0.05, 0.1) is 29.0 Å². The zero-order valence-corrected chi connectivity index (χ0v) is 15.2. The Balaban J connectivity index is 1.97. The van der Waals surface area contributed by atoms with Crippen LogP contribution in [0.15, 0.2) is 24.5 Å². The van der Waals surface area contributed by atoms with Gasteiger partial charge in [0, 0.05) is 6.54 Å². The van der Waals surface area contributed by atoms with E-state index in [1.807, 2.05) is 0 Å². The number of rotatable bonds is 4. The number of hydrogen-bond donors (Lipinski definition) is 2. The summed E-state index contributed by atoms with van der Waals surface area (Å²) in [6, 6.07) is 1.37. The standard InChI is InChI=1S/C16H14F6N6O2/c1-2-27(10-4-13(16(20,21)22)25-6-11(10)28(29)30)14-7-23-8-3-12(15(17,18)19)24-5-9(8)26-14/h3-6,14,23,26H,2,7H2,1H3. The number of alkyl halides is 6. The van der Waals surface area contributed by atoms with E-state index in [1.165, 1.54) is 4.90 Å². The molecule has 3 rings (SSSR count). The van der Waals surface area contributed by atoms with Crippen LogP contribution in [0.2, 0.25) is 0 Å². The van der Waals surface area contributed by atoms with E-state index >= 15 is 0 Å². The van der Waals surface area contributed by atoms with Gasteiger partial charge in [-0.05, 0) is 19.1 Å². The summed E-state index contributed by atoms with van der Waals surface area (Å²) in [5.74, 6) is 0. The number of aromatic nitrogens is 2. The number of nitrogens with one attached hydrogen (secondary N) is 2. The van der Waals surface area contributed by atoms with Crippen molar-refractivity contribution in [1.29, 1.82) is 0 Å². The molecule has 0 spiro atoms. The number of nitrogens with zero attached hydrogens (tertiary/aromatic N) is 4. The number of likely N-dealkylation sites (N-methyl/N-ethyl adjacent to an activating group) is 1. The minimum absolute atomic E-state index is 0.0387. The second-order valence-corrected chi connectivity index (χ2v) is 6.25. The molecule has 0 fully saturated rings. The molecule has 3 heterocycles. The van der Waals surface area contributed by atoms with Crippen molar-refractivity contribution in [2.24, 2.45) is 0 Å². The Morgan fingerprint density at radius 1 is 1.10 bits per heavy atom. The van der Waals surface area contributed by atoms with E-state index < -0.39 is 40.5 Å². The molecule has 1 unspecified atom stereocenters. The fourth-order valence-electron chi connectivity index (χ4n) is 3.02. The molecule has 0 aliphatic carbocycles. The third kappa shape index (κ3) is 4.16. The summed E-state index contributed by atoms with van der Waals surface area (Å²) in [6.07, 6.45) is -8.79. The van der Waals surface area contributed by atoms with E-state index in [0.29, 0.717) is 12.3 Å². The molecule has 0 bridgehead atoms. The zero-order valence-electron chi connectivity index (χ0n) is 15.2. The van der Waals surface area contributed by atoms with Gasteiger partial charge < -0.3 is 15.5 Å². The van der Waals surface area contributed by atoms with E-state index in [0.717, 1.165) is 12.3 Å². The van der Waals surface area contributed by atoms with Crippen LogP contribution in [0.1, 0.15) is 18.3 Å². The lowest BCUT2D eigenvalue weighted by Gasteiger charge is -2.37. The second kappa shape index (κ2) is 7.50. The number of halogens is 6. The molecule has 162 valence electrons. The van der Waals surface area contributed by atoms with Gasteiger partial charge in [-0.3, -0.25) is 10.1 Å². The lowest BCUT2D eigenvalue weighted by molar-refractivity contribution is -0.384. The van der Waals surface area contributed by atoms with Crippen LogP contribution in [-0.2, 0) is 12.4 Å². The Bertz CT molecular complexity index is 964. The van der Waals surface area contributed by atoms with Gasteiger partial charge in [0.1, 0.15) is 29.4 Å². The molecule has 0 saturated heterocycles. The zero-order chi connectivity index (χ0) is 22.3. The average Bonchev–Trinajstić information content (AvgIpc) is 2.66. The maximum Gasteiger partial charge on any atom is 0.433 e. The normalized spacial score (nSPS) is 16.3. The van der Waals surface area contributed by atoms with Gasteiger partial charge in [-0.15, -0.1) is 0 Å². The molecule has 14 heteroatoms. The third-order valence-corrected chi connectivity index (χ3v) is 4.38. The van der Waals surface area contributed by atoms with Crippen molar-refractivity contribution in [3.8, 4) is 0 Å². The molecule has 2 N–H and O–H groups in total. The van der Waals surface area contributed by atoms with Crippen molar-refractivity contribution in [1.82, 2.24) is 9.97 Å². The monoisotopic (exact) mass is 436 g/mol. The molecule has 0 aromatic carbocycles. The summed E-state index contributed by atoms with van der Waals surface area (Å²) in [5, 5.41) is 16.9. The van der Waals surface area contributed by atoms with Gasteiger partial charge in [0.25, 0.3) is 0 Å². The minimum Gasteiger partial charge on any atom is -0.379 e. The van der Waals surface area contributed by atoms with E-state index in [9.17, 15) is 36.5 Å². The smallest absolute Gasteiger partial charge is 0.379 e. The largest absolute Gasteiger partial charge is 0.433 e. The molecular formula is C16H14F6N6O2. The first-order valence-corrected chi connectivity index (χ1v) is 8.47. The summed E-state index contributed by atoms with van der Waals surface area (Å²) < 4.78 is 77.6. The molecule has 1 aliphatic heterocycles. The predicted octanol–water partition coefficient (Wildman–Crippen LogP) is 4.11. The second-order valence-electron chi connectivity index (χ2n) is 6.25. The molecular weight excluding hydrogens is 422 g/mol. The van der Waals surface area contributed by atoms with Crippen molar-refractivity contribution in [2.75, 3.05) is 28.6 Å². The van der Waals surface area contributed by atoms with E-state index in [1.54, 1.807) is 6.92 Å². The summed E-state index contributed by atoms with van der Waals surface area (Å²) in [6.45, 7) is 1.59. The van der Waals surface area contributed by atoms with Gasteiger partial charge in [-0.2, -0.15) is 26.3 Å². The fraction of sp³-hybridized carbons (Fsp3) is 0.375. The lowest BCUT2D eigenvalue weighted by Crippen LogP contribution is -2.48. The van der Waals surface area contributed by atoms with Crippen molar-refractivity contribution in [3.05, 3.63) is 46.0 Å². The van der Waals surface area contributed by atoms with Crippen LogP contribution in [-0.4, -0.2) is 34.1 Å². The number of hydrogen-bond acceptors (Lipinski definition) is 7. The minimum atomic E-state index is -4.81. The van der Waals surface area contributed by atoms with Gasteiger partial charge in [-0.1, -0.05) is 0 Å². The lowest BCUT2D eigenvalue weighted by atomic mass is 10.1. The van der Waals surface area contributed by atoms with Gasteiger partial charge in [0.15, 0.2) is 0 Å². The summed E-state index contributed by atoms with van der Waals surface area (Å²) in [5.41, 5.74) is -3.10. The molecule has 1 atom stereocenters. The van der Waals surface area contributed by atoms with Gasteiger partial charge in [-0.25, -0.2) is 9.97 Å². The Kier molecular flexibility index (Phi) is 5.34. The molecule has 2 aromatic heterocycles. The highest BCUT2D eigenvalue weighted by atomic mass is 19.4. The van der Waals surface area contributed by atoms with Crippen LogP contribution in [0.3, 0.4) is 0 Å². The van der Waals surface area contributed by atoms with Crippen LogP contribution >= 0.6 is 0 Å². The summed E-state index contributed by atoms with van der Waals surface area (Å²) in [4.78, 5) is 18.2. The van der Waals surface area contributed by atoms with Crippen LogP contribution in [0.5, 0.6) is 0 Å². The highest BCUT2D eigenvalue weighted by Gasteiger charge is 2.37. The Morgan fingerprint density at radius 2 is 1.70 bits per heavy atom. The topological polar surface area (TPSA) is 96.2 Å². The average molecular weight is 436 g/mol. The third-order valence-electron chi connectivity index (χ3n) is 4.38. The van der Waals surface area contributed by atoms with Gasteiger partial charge in [0.2, 0.25) is 0 Å². The number of anilines is 3. The van der Waals surface area contributed by atoms with E-state index in [-0.39, 0.29) is 30.2 Å². The summed E-state index contributed by atoms with van der Waals surface area (Å²) in [7, 11) is 0. The highest BCUT2D eigenvalue weighted by molar-refractivity contribution is 5.73. The van der Waals surface area contributed by atoms with Crippen molar-refractivity contribution in [3.63, 3.8) is 0 Å². The Morgan fingerprint density at radius 3 is 2.27 bits per heavy atom. The predicted molar refractivity (Wildman–Crippen MR) is 94.1 cm³/mol. The maximum atomic E-state index is 13.1. The quantitative estimate of drug-likeness (QED) is 0.423. The van der Waals surface area contributed by atoms with E-state index in [4.69, 9.17) is 0 Å². The summed E-state index contributed by atoms with van der Waals surface area (Å²) >= 11 is 0. The molecule has 0 saturated carbocycles. The molecule has 0 amide bonds. The van der Waals surface area contributed by atoms with Crippen LogP contribution in [0.4, 0.5) is 49.1 Å². The highest BCUT2D eigenvalue weighted by Crippen LogP contribution is 2.38. The first-order chi connectivity index (χ1) is 13.9. The molecule has 30 heavy (non-hydrogen) atoms.